The summed E-state index contributed by atoms with van der Waals surface area (Å²) in [5.41, 5.74) is 4.79. The van der Waals surface area contributed by atoms with E-state index in [0.29, 0.717) is 0 Å². The molecule has 0 atom stereocenters. The Morgan fingerprint density at radius 2 is 0.733 bits per heavy atom. The van der Waals surface area contributed by atoms with Gasteiger partial charge in [0.15, 0.2) is 0 Å². The van der Waals surface area contributed by atoms with Crippen LogP contribution in [0.25, 0.3) is 43.8 Å². The van der Waals surface area contributed by atoms with Crippen molar-refractivity contribution in [2.75, 3.05) is 14.2 Å². The van der Waals surface area contributed by atoms with Crippen molar-refractivity contribution < 1.29 is 9.47 Å². The van der Waals surface area contributed by atoms with Crippen molar-refractivity contribution in [3.63, 3.8) is 0 Å². The standard InChI is InChI=1S/C28H22O2/c1-29-27-11-7-19(8-12-27)21-3-5-23-18-26-16-22(4-6-24(26)17-25(23)15-21)20-9-13-28(30-2)14-10-20/h3-18H,1-2H3. The first-order valence-electron chi connectivity index (χ1n) is 10.00. The van der Waals surface area contributed by atoms with E-state index in [-0.39, 0.29) is 0 Å². The van der Waals surface area contributed by atoms with E-state index in [0.717, 1.165) is 11.5 Å². The largest absolute Gasteiger partial charge is 0.497 e. The van der Waals surface area contributed by atoms with Crippen LogP contribution < -0.4 is 9.47 Å². The van der Waals surface area contributed by atoms with Crippen LogP contribution in [0.4, 0.5) is 0 Å². The van der Waals surface area contributed by atoms with Gasteiger partial charge in [0.05, 0.1) is 14.2 Å². The maximum Gasteiger partial charge on any atom is 0.118 e. The first kappa shape index (κ1) is 18.3. The highest BCUT2D eigenvalue weighted by atomic mass is 16.5. The van der Waals surface area contributed by atoms with Crippen LogP contribution in [0.2, 0.25) is 0 Å². The molecule has 0 radical (unpaired) electrons. The lowest BCUT2D eigenvalue weighted by Crippen LogP contribution is -1.84. The van der Waals surface area contributed by atoms with Gasteiger partial charge in [0.2, 0.25) is 0 Å². The van der Waals surface area contributed by atoms with Crippen LogP contribution in [0, 0.1) is 0 Å². The van der Waals surface area contributed by atoms with Crippen molar-refractivity contribution in [2.24, 2.45) is 0 Å². The number of hydrogen-bond donors (Lipinski definition) is 0. The number of ether oxygens (including phenoxy) is 2. The lowest BCUT2D eigenvalue weighted by atomic mass is 9.96. The van der Waals surface area contributed by atoms with E-state index in [1.165, 1.54) is 43.8 Å². The summed E-state index contributed by atoms with van der Waals surface area (Å²) in [6.07, 6.45) is 0. The molecule has 0 aliphatic heterocycles. The minimum absolute atomic E-state index is 0.873. The monoisotopic (exact) mass is 390 g/mol. The van der Waals surface area contributed by atoms with Crippen LogP contribution in [0.5, 0.6) is 11.5 Å². The highest BCUT2D eigenvalue weighted by Gasteiger charge is 2.05. The van der Waals surface area contributed by atoms with Crippen molar-refractivity contribution in [1.82, 2.24) is 0 Å². The molecule has 0 saturated heterocycles. The minimum Gasteiger partial charge on any atom is -0.497 e. The Bertz CT molecular complexity index is 1230. The van der Waals surface area contributed by atoms with Crippen molar-refractivity contribution in [1.29, 1.82) is 0 Å². The van der Waals surface area contributed by atoms with Gasteiger partial charge in [-0.3, -0.25) is 0 Å². The van der Waals surface area contributed by atoms with E-state index in [9.17, 15) is 0 Å². The minimum atomic E-state index is 0.873. The predicted octanol–water partition coefficient (Wildman–Crippen LogP) is 7.34. The Morgan fingerprint density at radius 1 is 0.367 bits per heavy atom. The van der Waals surface area contributed by atoms with E-state index in [1.807, 2.05) is 24.3 Å². The van der Waals surface area contributed by atoms with Crippen molar-refractivity contribution in [3.8, 4) is 33.8 Å². The quantitative estimate of drug-likeness (QED) is 0.299. The summed E-state index contributed by atoms with van der Waals surface area (Å²) in [4.78, 5) is 0. The molecule has 0 N–H and O–H groups in total. The van der Waals surface area contributed by atoms with Gasteiger partial charge < -0.3 is 9.47 Å². The Balaban J connectivity index is 1.55. The van der Waals surface area contributed by atoms with Crippen LogP contribution in [0.3, 0.4) is 0 Å². The van der Waals surface area contributed by atoms with Crippen LogP contribution in [0.15, 0.2) is 97.1 Å². The van der Waals surface area contributed by atoms with Crippen LogP contribution in [-0.2, 0) is 0 Å². The van der Waals surface area contributed by atoms with E-state index >= 15 is 0 Å². The number of methoxy groups -OCH3 is 2. The van der Waals surface area contributed by atoms with Crippen molar-refractivity contribution in [2.45, 2.75) is 0 Å². The summed E-state index contributed by atoms with van der Waals surface area (Å²) in [5, 5.41) is 4.97. The SMILES string of the molecule is COc1ccc(-c2ccc3cc4cc(-c5ccc(OC)cc5)ccc4cc3c2)cc1. The highest BCUT2D eigenvalue weighted by molar-refractivity contribution is 6.01. The third kappa shape index (κ3) is 3.37. The van der Waals surface area contributed by atoms with Gasteiger partial charge in [-0.05, 0) is 92.3 Å². The first-order chi connectivity index (χ1) is 14.7. The molecule has 0 aliphatic rings. The van der Waals surface area contributed by atoms with Crippen molar-refractivity contribution in [3.05, 3.63) is 97.1 Å². The van der Waals surface area contributed by atoms with Gasteiger partial charge in [-0.2, -0.15) is 0 Å². The van der Waals surface area contributed by atoms with E-state index in [4.69, 9.17) is 9.47 Å². The highest BCUT2D eigenvalue weighted by Crippen LogP contribution is 2.31. The lowest BCUT2D eigenvalue weighted by molar-refractivity contribution is 0.415. The molecular weight excluding hydrogens is 368 g/mol. The average molecular weight is 390 g/mol. The van der Waals surface area contributed by atoms with Crippen molar-refractivity contribution >= 4 is 21.5 Å². The molecule has 0 heterocycles. The second-order valence-electron chi connectivity index (χ2n) is 7.43. The summed E-state index contributed by atoms with van der Waals surface area (Å²) >= 11 is 0. The molecule has 2 nitrogen and oxygen atoms in total. The molecule has 2 heteroatoms. The molecule has 0 spiro atoms. The molecule has 0 saturated carbocycles. The average Bonchev–Trinajstić information content (AvgIpc) is 2.82. The maximum absolute atomic E-state index is 5.27. The Hall–Kier alpha value is -3.78. The summed E-state index contributed by atoms with van der Waals surface area (Å²) < 4.78 is 10.5. The summed E-state index contributed by atoms with van der Waals surface area (Å²) in [6, 6.07) is 34.2. The zero-order chi connectivity index (χ0) is 20.5. The topological polar surface area (TPSA) is 18.5 Å². The molecule has 0 bridgehead atoms. The van der Waals surface area contributed by atoms with E-state index in [1.54, 1.807) is 14.2 Å². The number of rotatable bonds is 4. The molecule has 0 aromatic heterocycles. The van der Waals surface area contributed by atoms with E-state index in [2.05, 4.69) is 72.8 Å². The predicted molar refractivity (Wildman–Crippen MR) is 125 cm³/mol. The molecule has 0 aliphatic carbocycles. The maximum atomic E-state index is 5.27. The molecule has 5 aromatic carbocycles. The number of benzene rings is 5. The first-order valence-corrected chi connectivity index (χ1v) is 10.00. The van der Waals surface area contributed by atoms with Gasteiger partial charge in [-0.15, -0.1) is 0 Å². The van der Waals surface area contributed by atoms with Gasteiger partial charge >= 0.3 is 0 Å². The third-order valence-corrected chi connectivity index (χ3v) is 5.64. The summed E-state index contributed by atoms with van der Waals surface area (Å²) in [6.45, 7) is 0. The summed E-state index contributed by atoms with van der Waals surface area (Å²) in [7, 11) is 3.38. The Kier molecular flexibility index (Phi) is 4.61. The molecule has 0 amide bonds. The fourth-order valence-electron chi connectivity index (χ4n) is 3.92. The van der Waals surface area contributed by atoms with Gasteiger partial charge in [-0.25, -0.2) is 0 Å². The molecule has 30 heavy (non-hydrogen) atoms. The molecule has 0 fully saturated rings. The molecule has 5 aromatic rings. The number of fused-ring (bicyclic) bond motifs is 2. The molecule has 146 valence electrons. The normalized spacial score (nSPS) is 11.0. The Morgan fingerprint density at radius 3 is 1.10 bits per heavy atom. The van der Waals surface area contributed by atoms with Crippen LogP contribution in [-0.4, -0.2) is 14.2 Å². The zero-order valence-corrected chi connectivity index (χ0v) is 17.1. The fourth-order valence-corrected chi connectivity index (χ4v) is 3.92. The van der Waals surface area contributed by atoms with Gasteiger partial charge in [-0.1, -0.05) is 48.5 Å². The number of hydrogen-bond acceptors (Lipinski definition) is 2. The van der Waals surface area contributed by atoms with Crippen LogP contribution >= 0.6 is 0 Å². The third-order valence-electron chi connectivity index (χ3n) is 5.64. The molecular formula is C28H22O2. The smallest absolute Gasteiger partial charge is 0.118 e. The molecule has 5 rings (SSSR count). The van der Waals surface area contributed by atoms with Crippen LogP contribution in [0.1, 0.15) is 0 Å². The van der Waals surface area contributed by atoms with E-state index < -0.39 is 0 Å². The second kappa shape index (κ2) is 7.57. The van der Waals surface area contributed by atoms with Gasteiger partial charge in [0.1, 0.15) is 11.5 Å². The second-order valence-corrected chi connectivity index (χ2v) is 7.43. The fraction of sp³-hybridized carbons (Fsp3) is 0.0714. The molecule has 0 unspecified atom stereocenters. The van der Waals surface area contributed by atoms with Gasteiger partial charge in [0, 0.05) is 0 Å². The lowest BCUT2D eigenvalue weighted by Gasteiger charge is -2.09. The van der Waals surface area contributed by atoms with Gasteiger partial charge in [0.25, 0.3) is 0 Å². The summed E-state index contributed by atoms with van der Waals surface area (Å²) in [5.74, 6) is 1.75. The zero-order valence-electron chi connectivity index (χ0n) is 17.1. The Labute approximate surface area is 176 Å².